The maximum atomic E-state index is 16.8. The molecule has 0 aliphatic heterocycles. The van der Waals surface area contributed by atoms with E-state index in [1.54, 1.807) is 0 Å². The second-order valence-electron chi connectivity index (χ2n) is 19.1. The minimum absolute atomic E-state index is 0.00480. The van der Waals surface area contributed by atoms with Gasteiger partial charge in [0.25, 0.3) is 0 Å². The van der Waals surface area contributed by atoms with Crippen LogP contribution in [0.3, 0.4) is 0 Å². The monoisotopic (exact) mass is 876 g/mol. The van der Waals surface area contributed by atoms with Gasteiger partial charge < -0.3 is 0 Å². The van der Waals surface area contributed by atoms with E-state index in [0.717, 1.165) is 80.3 Å². The molecule has 12 rings (SSSR count). The van der Waals surface area contributed by atoms with E-state index < -0.39 is 0 Å². The molecular formula is C66H52O2. The Hall–Kier alpha value is -7.68. The van der Waals surface area contributed by atoms with E-state index >= 15 is 9.59 Å². The van der Waals surface area contributed by atoms with Gasteiger partial charge in [-0.05, 0) is 175 Å². The highest BCUT2D eigenvalue weighted by Gasteiger charge is 2.29. The third-order valence-electron chi connectivity index (χ3n) is 15.2. The Morgan fingerprint density at radius 1 is 0.265 bits per heavy atom. The first-order chi connectivity index (χ1) is 33.4. The van der Waals surface area contributed by atoms with Crippen molar-refractivity contribution in [1.82, 2.24) is 0 Å². The van der Waals surface area contributed by atoms with Crippen molar-refractivity contribution in [3.8, 4) is 0 Å². The molecule has 12 aromatic rings. The average Bonchev–Trinajstić information content (AvgIpc) is 3.38. The molecule has 0 atom stereocenters. The van der Waals surface area contributed by atoms with Gasteiger partial charge in [-0.1, -0.05) is 182 Å². The van der Waals surface area contributed by atoms with Gasteiger partial charge in [0.05, 0.1) is 0 Å². The fourth-order valence-electron chi connectivity index (χ4n) is 11.8. The molecular weight excluding hydrogens is 825 g/mol. The first kappa shape index (κ1) is 41.7. The molecule has 0 amide bonds. The summed E-state index contributed by atoms with van der Waals surface area (Å²) in [5.41, 5.74) is 11.2. The summed E-state index contributed by atoms with van der Waals surface area (Å²) in [6.07, 6.45) is 5.48. The molecule has 0 saturated heterocycles. The summed E-state index contributed by atoms with van der Waals surface area (Å²) < 4.78 is 0. The molecule has 0 saturated carbocycles. The zero-order chi connectivity index (χ0) is 45.9. The lowest BCUT2D eigenvalue weighted by Crippen LogP contribution is -2.21. The van der Waals surface area contributed by atoms with Gasteiger partial charge in [0.1, 0.15) is 0 Å². The van der Waals surface area contributed by atoms with Crippen LogP contribution in [0.2, 0.25) is 0 Å². The standard InChI is InChI=1S/C66H52O2/c1-41-39-55-49(35-29-43-17-7-3-8-18-43)61-62(50(56(55)40-42(41)2)36-30-44-19-9-4-10-20-44)66(68)64-54(38-32-46-23-13-6-14-24-46)60-52-28-16-26-48-34-33-47-25-15-27-51(57(47)58(48)52)59(60)53(63(64)65(61)67)37-31-45-21-11-5-12-22-45/h3-28,33-34,39-40H,29-32,35-38H2,1-2H3. The smallest absolute Gasteiger partial charge is 0.195 e. The quantitative estimate of drug-likeness (QED) is 0.0905. The summed E-state index contributed by atoms with van der Waals surface area (Å²) in [4.78, 5) is 33.6. The predicted molar refractivity (Wildman–Crippen MR) is 289 cm³/mol. The maximum Gasteiger partial charge on any atom is 0.195 e. The minimum atomic E-state index is -0.00480. The summed E-state index contributed by atoms with van der Waals surface area (Å²) in [6, 6.07) is 64.8. The van der Waals surface area contributed by atoms with Gasteiger partial charge in [-0.15, -0.1) is 0 Å². The molecule has 0 N–H and O–H groups in total. The summed E-state index contributed by atoms with van der Waals surface area (Å²) in [5, 5.41) is 14.0. The van der Waals surface area contributed by atoms with E-state index in [1.165, 1.54) is 54.9 Å². The first-order valence-electron chi connectivity index (χ1n) is 24.4. The van der Waals surface area contributed by atoms with Crippen LogP contribution in [0, 0.1) is 13.8 Å². The summed E-state index contributed by atoms with van der Waals surface area (Å²) in [5.74, 6) is 0. The lowest BCUT2D eigenvalue weighted by atomic mass is 9.78. The van der Waals surface area contributed by atoms with Crippen LogP contribution in [0.1, 0.15) is 55.6 Å². The number of hydrogen-bond donors (Lipinski definition) is 0. The van der Waals surface area contributed by atoms with Gasteiger partial charge in [0, 0.05) is 21.5 Å². The number of hydrogen-bond acceptors (Lipinski definition) is 2. The molecule has 0 heterocycles. The lowest BCUT2D eigenvalue weighted by molar-refractivity contribution is 0.961. The highest BCUT2D eigenvalue weighted by Crippen LogP contribution is 2.46. The molecule has 0 aliphatic carbocycles. The zero-order valence-corrected chi connectivity index (χ0v) is 38.8. The third-order valence-corrected chi connectivity index (χ3v) is 15.2. The normalized spacial score (nSPS) is 12.0. The van der Waals surface area contributed by atoms with E-state index in [0.29, 0.717) is 47.2 Å². The maximum absolute atomic E-state index is 16.8. The molecule has 0 aromatic heterocycles. The van der Waals surface area contributed by atoms with Crippen molar-refractivity contribution in [2.45, 2.75) is 65.2 Å². The molecule has 0 aliphatic rings. The fraction of sp³-hybridized carbons (Fsp3) is 0.152. The van der Waals surface area contributed by atoms with E-state index in [9.17, 15) is 0 Å². The Kier molecular flexibility index (Phi) is 10.6. The van der Waals surface area contributed by atoms with Crippen molar-refractivity contribution in [1.29, 1.82) is 0 Å². The summed E-state index contributed by atoms with van der Waals surface area (Å²) in [7, 11) is 0. The van der Waals surface area contributed by atoms with E-state index in [-0.39, 0.29) is 10.9 Å². The van der Waals surface area contributed by atoms with E-state index in [2.05, 4.69) is 196 Å². The molecule has 68 heavy (non-hydrogen) atoms. The van der Waals surface area contributed by atoms with E-state index in [4.69, 9.17) is 0 Å². The fourth-order valence-corrected chi connectivity index (χ4v) is 11.8. The molecule has 2 heteroatoms. The molecule has 12 aromatic carbocycles. The van der Waals surface area contributed by atoms with Gasteiger partial charge in [-0.2, -0.15) is 0 Å². The molecule has 2 nitrogen and oxygen atoms in total. The number of rotatable bonds is 12. The second-order valence-corrected chi connectivity index (χ2v) is 19.1. The van der Waals surface area contributed by atoms with Gasteiger partial charge in [0.2, 0.25) is 0 Å². The van der Waals surface area contributed by atoms with Crippen LogP contribution in [-0.4, -0.2) is 0 Å². The van der Waals surface area contributed by atoms with Crippen LogP contribution in [0.15, 0.2) is 192 Å². The van der Waals surface area contributed by atoms with Crippen LogP contribution in [0.4, 0.5) is 0 Å². The zero-order valence-electron chi connectivity index (χ0n) is 38.8. The highest BCUT2D eigenvalue weighted by molar-refractivity contribution is 6.36. The minimum Gasteiger partial charge on any atom is -0.289 e. The molecule has 328 valence electrons. The predicted octanol–water partition coefficient (Wildman–Crippen LogP) is 15.1. The molecule has 0 radical (unpaired) electrons. The Bertz CT molecular complexity index is 3730. The van der Waals surface area contributed by atoms with Crippen molar-refractivity contribution < 1.29 is 0 Å². The van der Waals surface area contributed by atoms with Crippen molar-refractivity contribution in [3.05, 3.63) is 258 Å². The number of benzene rings is 12. The number of aryl methyl sites for hydroxylation is 10. The Morgan fingerprint density at radius 3 is 0.912 bits per heavy atom. The molecule has 0 spiro atoms. The molecule has 0 fully saturated rings. The second kappa shape index (κ2) is 17.2. The molecule has 0 bridgehead atoms. The van der Waals surface area contributed by atoms with Gasteiger partial charge in [0.15, 0.2) is 10.9 Å². The average molecular weight is 877 g/mol. The topological polar surface area (TPSA) is 34.1 Å². The Morgan fingerprint density at radius 2 is 0.574 bits per heavy atom. The van der Waals surface area contributed by atoms with Crippen LogP contribution in [0.25, 0.3) is 75.4 Å². The Balaban J connectivity index is 1.30. The Labute approximate surface area is 396 Å². The van der Waals surface area contributed by atoms with Gasteiger partial charge in [-0.3, -0.25) is 9.59 Å². The van der Waals surface area contributed by atoms with Crippen LogP contribution >= 0.6 is 0 Å². The summed E-state index contributed by atoms with van der Waals surface area (Å²) in [6.45, 7) is 4.35. The van der Waals surface area contributed by atoms with Crippen molar-refractivity contribution in [2.24, 2.45) is 0 Å². The third kappa shape index (κ3) is 7.01. The van der Waals surface area contributed by atoms with Crippen LogP contribution in [-0.2, 0) is 51.4 Å². The van der Waals surface area contributed by atoms with Crippen LogP contribution in [0.5, 0.6) is 0 Å². The van der Waals surface area contributed by atoms with Crippen molar-refractivity contribution in [3.63, 3.8) is 0 Å². The summed E-state index contributed by atoms with van der Waals surface area (Å²) >= 11 is 0. The highest BCUT2D eigenvalue weighted by atomic mass is 16.1. The van der Waals surface area contributed by atoms with Gasteiger partial charge >= 0.3 is 0 Å². The largest absolute Gasteiger partial charge is 0.289 e. The van der Waals surface area contributed by atoms with Crippen molar-refractivity contribution >= 4 is 75.4 Å². The van der Waals surface area contributed by atoms with Gasteiger partial charge in [-0.25, -0.2) is 0 Å². The first-order valence-corrected chi connectivity index (χ1v) is 24.4. The SMILES string of the molecule is Cc1cc2c(CCc3ccccc3)c3c(=O)c4c(CCc5ccccc5)c5c6cccc7ccc8cccc(c5c(CCc5ccccc5)c4c(=O)c3c(CCc3ccccc3)c2cc1C)c8c76. The number of fused-ring (bicyclic) bond motifs is 6. The van der Waals surface area contributed by atoms with Crippen molar-refractivity contribution in [2.75, 3.05) is 0 Å². The van der Waals surface area contributed by atoms with E-state index in [1.807, 2.05) is 0 Å². The molecule has 0 unspecified atom stereocenters. The van der Waals surface area contributed by atoms with Crippen LogP contribution < -0.4 is 10.9 Å². The lowest BCUT2D eigenvalue weighted by Gasteiger charge is -2.24.